The Morgan fingerprint density at radius 2 is 1.66 bits per heavy atom. The van der Waals surface area contributed by atoms with E-state index in [1.807, 2.05) is 58.0 Å². The maximum Gasteiger partial charge on any atom is 0.244 e. The van der Waals surface area contributed by atoms with E-state index in [4.69, 9.17) is 9.47 Å². The largest absolute Gasteiger partial charge is 0.486 e. The molecule has 1 aliphatic rings. The molecule has 1 heterocycles. The average Bonchev–Trinajstić information content (AvgIpc) is 2.88. The van der Waals surface area contributed by atoms with Crippen molar-refractivity contribution in [2.75, 3.05) is 36.4 Å². The number of fused-ring (bicyclic) bond motifs is 1. The first-order chi connectivity index (χ1) is 17.9. The fourth-order valence-electron chi connectivity index (χ4n) is 4.26. The third-order valence-electron chi connectivity index (χ3n) is 6.16. The molecule has 1 N–H and O–H groups in total. The van der Waals surface area contributed by atoms with Crippen molar-refractivity contribution in [3.63, 3.8) is 0 Å². The molecule has 2 aromatic rings. The van der Waals surface area contributed by atoms with E-state index in [0.717, 1.165) is 9.87 Å². The van der Waals surface area contributed by atoms with E-state index >= 15 is 0 Å². The molecule has 38 heavy (non-hydrogen) atoms. The predicted octanol–water partition coefficient (Wildman–Crippen LogP) is 3.38. The molecule has 0 saturated heterocycles. The van der Waals surface area contributed by atoms with Crippen LogP contribution in [0.1, 0.15) is 46.6 Å². The van der Waals surface area contributed by atoms with E-state index in [1.54, 1.807) is 18.2 Å². The lowest BCUT2D eigenvalue weighted by Gasteiger charge is -2.34. The average molecular weight is 546 g/mol. The molecule has 9 nitrogen and oxygen atoms in total. The highest BCUT2D eigenvalue weighted by molar-refractivity contribution is 7.92. The summed E-state index contributed by atoms with van der Waals surface area (Å²) in [5, 5.41) is 2.97. The second-order valence-corrected chi connectivity index (χ2v) is 12.4. The third kappa shape index (κ3) is 7.63. The van der Waals surface area contributed by atoms with Crippen molar-refractivity contribution in [2.24, 2.45) is 0 Å². The van der Waals surface area contributed by atoms with Crippen LogP contribution in [0.5, 0.6) is 11.5 Å². The van der Waals surface area contributed by atoms with Crippen molar-refractivity contribution in [3.8, 4) is 11.5 Å². The summed E-state index contributed by atoms with van der Waals surface area (Å²) in [6.45, 7) is 9.60. The number of amides is 2. The van der Waals surface area contributed by atoms with Gasteiger partial charge in [0.25, 0.3) is 0 Å². The number of benzene rings is 2. The highest BCUT2D eigenvalue weighted by Crippen LogP contribution is 2.35. The van der Waals surface area contributed by atoms with Gasteiger partial charge in [-0.05, 0) is 58.2 Å². The molecule has 0 spiro atoms. The number of rotatable bonds is 11. The molecule has 10 heteroatoms. The molecule has 3 rings (SSSR count). The van der Waals surface area contributed by atoms with Gasteiger partial charge < -0.3 is 19.7 Å². The highest BCUT2D eigenvalue weighted by atomic mass is 32.2. The number of carbonyl (C=O) groups excluding carboxylic acids is 2. The Hall–Kier alpha value is -3.27. The van der Waals surface area contributed by atoms with Crippen LogP contribution in [0.3, 0.4) is 0 Å². The van der Waals surface area contributed by atoms with Gasteiger partial charge in [-0.3, -0.25) is 13.9 Å². The van der Waals surface area contributed by atoms with E-state index in [2.05, 4.69) is 5.32 Å². The minimum absolute atomic E-state index is 0.194. The fourth-order valence-corrected chi connectivity index (χ4v) is 5.31. The summed E-state index contributed by atoms with van der Waals surface area (Å²) in [5.41, 5.74) is 0.836. The Labute approximate surface area is 226 Å². The SMILES string of the molecule is CCC(C(=O)NC(C)(C)C)N(CCc1ccccc1)C(=O)CN(c1ccc2c(c1)OCCO2)S(=O)(=O)CC. The first kappa shape index (κ1) is 29.3. The molecule has 0 fully saturated rings. The summed E-state index contributed by atoms with van der Waals surface area (Å²) in [5.74, 6) is 0.0267. The van der Waals surface area contributed by atoms with Crippen LogP contribution in [0.2, 0.25) is 0 Å². The molecule has 1 unspecified atom stereocenters. The Morgan fingerprint density at radius 1 is 1.00 bits per heavy atom. The zero-order valence-corrected chi connectivity index (χ0v) is 23.7. The van der Waals surface area contributed by atoms with Crippen LogP contribution in [0.4, 0.5) is 5.69 Å². The minimum Gasteiger partial charge on any atom is -0.486 e. The second kappa shape index (κ2) is 12.5. The van der Waals surface area contributed by atoms with Crippen LogP contribution < -0.4 is 19.1 Å². The van der Waals surface area contributed by atoms with Gasteiger partial charge in [0, 0.05) is 18.2 Å². The summed E-state index contributed by atoms with van der Waals surface area (Å²) >= 11 is 0. The molecule has 0 radical (unpaired) electrons. The summed E-state index contributed by atoms with van der Waals surface area (Å²) in [6.07, 6.45) is 0.906. The molecule has 1 atom stereocenters. The Bertz CT molecular complexity index is 1210. The van der Waals surface area contributed by atoms with E-state index in [-0.39, 0.29) is 18.2 Å². The van der Waals surface area contributed by atoms with Gasteiger partial charge in [-0.25, -0.2) is 8.42 Å². The zero-order valence-electron chi connectivity index (χ0n) is 22.9. The first-order valence-corrected chi connectivity index (χ1v) is 14.6. The maximum absolute atomic E-state index is 13.9. The smallest absolute Gasteiger partial charge is 0.244 e. The first-order valence-electron chi connectivity index (χ1n) is 13.0. The van der Waals surface area contributed by atoms with Crippen molar-refractivity contribution >= 4 is 27.5 Å². The molecular weight excluding hydrogens is 506 g/mol. The number of sulfonamides is 1. The second-order valence-electron chi connectivity index (χ2n) is 10.2. The van der Waals surface area contributed by atoms with Gasteiger partial charge in [0.1, 0.15) is 25.8 Å². The summed E-state index contributed by atoms with van der Waals surface area (Å²) < 4.78 is 38.6. The van der Waals surface area contributed by atoms with E-state index in [1.165, 1.54) is 11.8 Å². The Kier molecular flexibility index (Phi) is 9.65. The zero-order chi connectivity index (χ0) is 27.9. The standard InChI is InChI=1S/C28H39N3O6S/c1-6-23(27(33)29-28(3,4)5)30(16-15-21-11-9-8-10-12-21)26(32)20-31(38(34,35)7-2)22-13-14-24-25(19-22)37-18-17-36-24/h8-14,19,23H,6-7,15-18,20H2,1-5H3,(H,29,33). The molecule has 2 aromatic carbocycles. The minimum atomic E-state index is -3.83. The van der Waals surface area contributed by atoms with E-state index < -0.39 is 34.1 Å². The molecule has 2 amide bonds. The van der Waals surface area contributed by atoms with Gasteiger partial charge in [0.2, 0.25) is 21.8 Å². The number of hydrogen-bond acceptors (Lipinski definition) is 6. The molecular formula is C28H39N3O6S. The van der Waals surface area contributed by atoms with E-state index in [0.29, 0.717) is 43.2 Å². The lowest BCUT2D eigenvalue weighted by Crippen LogP contribution is -2.56. The summed E-state index contributed by atoms with van der Waals surface area (Å²) in [4.78, 5) is 28.6. The highest BCUT2D eigenvalue weighted by Gasteiger charge is 2.33. The predicted molar refractivity (Wildman–Crippen MR) is 148 cm³/mol. The molecule has 0 bridgehead atoms. The lowest BCUT2D eigenvalue weighted by molar-refractivity contribution is -0.140. The molecule has 0 aliphatic carbocycles. The van der Waals surface area contributed by atoms with Crippen LogP contribution in [-0.2, 0) is 26.0 Å². The number of nitrogens with one attached hydrogen (secondary N) is 1. The van der Waals surface area contributed by atoms with Crippen molar-refractivity contribution in [1.29, 1.82) is 0 Å². The van der Waals surface area contributed by atoms with Crippen LogP contribution in [0, 0.1) is 0 Å². The van der Waals surface area contributed by atoms with Crippen molar-refractivity contribution in [3.05, 3.63) is 54.1 Å². The molecule has 208 valence electrons. The van der Waals surface area contributed by atoms with Gasteiger partial charge in [-0.1, -0.05) is 37.3 Å². The monoisotopic (exact) mass is 545 g/mol. The topological polar surface area (TPSA) is 105 Å². The van der Waals surface area contributed by atoms with Gasteiger partial charge >= 0.3 is 0 Å². The van der Waals surface area contributed by atoms with Crippen LogP contribution in [0.25, 0.3) is 0 Å². The quantitative estimate of drug-likeness (QED) is 0.464. The van der Waals surface area contributed by atoms with Crippen molar-refractivity contribution < 1.29 is 27.5 Å². The van der Waals surface area contributed by atoms with Gasteiger partial charge in [0.05, 0.1) is 11.4 Å². The fraction of sp³-hybridized carbons (Fsp3) is 0.500. The van der Waals surface area contributed by atoms with Gasteiger partial charge in [0.15, 0.2) is 11.5 Å². The molecule has 0 aromatic heterocycles. The third-order valence-corrected chi connectivity index (χ3v) is 7.90. The van der Waals surface area contributed by atoms with E-state index in [9.17, 15) is 18.0 Å². The normalized spacial score (nSPS) is 13.9. The molecule has 0 saturated carbocycles. The maximum atomic E-state index is 13.9. The van der Waals surface area contributed by atoms with Crippen LogP contribution >= 0.6 is 0 Å². The van der Waals surface area contributed by atoms with Gasteiger partial charge in [-0.15, -0.1) is 0 Å². The Morgan fingerprint density at radius 3 is 2.26 bits per heavy atom. The van der Waals surface area contributed by atoms with Crippen molar-refractivity contribution in [1.82, 2.24) is 10.2 Å². The number of ether oxygens (including phenoxy) is 2. The number of nitrogens with zero attached hydrogens (tertiary/aromatic N) is 2. The van der Waals surface area contributed by atoms with Crippen LogP contribution in [0.15, 0.2) is 48.5 Å². The lowest BCUT2D eigenvalue weighted by atomic mass is 10.1. The van der Waals surface area contributed by atoms with Crippen LogP contribution in [-0.4, -0.2) is 68.8 Å². The summed E-state index contributed by atoms with van der Waals surface area (Å²) in [6, 6.07) is 13.7. The van der Waals surface area contributed by atoms with Crippen molar-refractivity contribution in [2.45, 2.75) is 59.0 Å². The molecule has 1 aliphatic heterocycles. The number of carbonyl (C=O) groups is 2. The van der Waals surface area contributed by atoms with Gasteiger partial charge in [-0.2, -0.15) is 0 Å². The number of anilines is 1. The summed E-state index contributed by atoms with van der Waals surface area (Å²) in [7, 11) is -3.83. The Balaban J connectivity index is 1.94. The number of hydrogen-bond donors (Lipinski definition) is 1.